The van der Waals surface area contributed by atoms with Crippen LogP contribution in [-0.2, 0) is 16.6 Å². The molecule has 0 unspecified atom stereocenters. The second-order valence-corrected chi connectivity index (χ2v) is 9.05. The van der Waals surface area contributed by atoms with Crippen LogP contribution in [0.3, 0.4) is 0 Å². The molecule has 0 saturated carbocycles. The van der Waals surface area contributed by atoms with Crippen molar-refractivity contribution in [2.75, 3.05) is 11.4 Å². The summed E-state index contributed by atoms with van der Waals surface area (Å²) in [7, 11) is -2.33. The predicted octanol–water partition coefficient (Wildman–Crippen LogP) is 4.24. The minimum Gasteiger partial charge on any atom is -0.497 e. The van der Waals surface area contributed by atoms with Crippen molar-refractivity contribution >= 4 is 26.6 Å². The number of nitrogens with zero attached hydrogens (tertiary/aromatic N) is 1. The van der Waals surface area contributed by atoms with Crippen LogP contribution in [0.5, 0.6) is 5.75 Å². The van der Waals surface area contributed by atoms with E-state index in [1.54, 1.807) is 73.8 Å². The van der Waals surface area contributed by atoms with Crippen molar-refractivity contribution in [3.05, 3.63) is 100 Å². The Balaban J connectivity index is 1.87. The second kappa shape index (κ2) is 8.28. The van der Waals surface area contributed by atoms with E-state index in [1.165, 1.54) is 4.31 Å². The predicted molar refractivity (Wildman–Crippen MR) is 122 cm³/mol. The van der Waals surface area contributed by atoms with Gasteiger partial charge in [0.15, 0.2) is 0 Å². The molecule has 0 aliphatic heterocycles. The van der Waals surface area contributed by atoms with E-state index in [0.29, 0.717) is 22.5 Å². The lowest BCUT2D eigenvalue weighted by Crippen LogP contribution is -2.33. The fourth-order valence-electron chi connectivity index (χ4n) is 3.49. The number of ether oxygens (including phenoxy) is 1. The molecule has 4 aromatic rings. The number of aryl methyl sites for hydroxylation is 1. The van der Waals surface area contributed by atoms with Gasteiger partial charge in [-0.15, -0.1) is 0 Å². The van der Waals surface area contributed by atoms with Crippen LogP contribution in [-0.4, -0.2) is 20.5 Å². The largest absolute Gasteiger partial charge is 0.497 e. The van der Waals surface area contributed by atoms with Crippen LogP contribution in [0.2, 0.25) is 0 Å². The Morgan fingerprint density at radius 1 is 0.935 bits per heavy atom. The fourth-order valence-corrected chi connectivity index (χ4v) is 5.02. The molecule has 0 saturated heterocycles. The van der Waals surface area contributed by atoms with Gasteiger partial charge in [0.25, 0.3) is 15.6 Å². The van der Waals surface area contributed by atoms with Gasteiger partial charge in [0.2, 0.25) is 0 Å². The van der Waals surface area contributed by atoms with Crippen molar-refractivity contribution in [1.82, 2.24) is 4.98 Å². The van der Waals surface area contributed by atoms with Crippen LogP contribution in [0, 0.1) is 6.92 Å². The van der Waals surface area contributed by atoms with Gasteiger partial charge in [-0.1, -0.05) is 36.4 Å². The molecule has 6 nitrogen and oxygen atoms in total. The summed E-state index contributed by atoms with van der Waals surface area (Å²) < 4.78 is 33.7. The van der Waals surface area contributed by atoms with Crippen LogP contribution in [0.4, 0.5) is 5.69 Å². The average Bonchev–Trinajstić information content (AvgIpc) is 2.78. The summed E-state index contributed by atoms with van der Waals surface area (Å²) in [6.07, 6.45) is 0. The minimum absolute atomic E-state index is 0.107. The lowest BCUT2D eigenvalue weighted by Gasteiger charge is -2.26. The molecule has 7 heteroatoms. The lowest BCUT2D eigenvalue weighted by molar-refractivity contribution is 0.415. The Bertz CT molecular complexity index is 1400. The van der Waals surface area contributed by atoms with Gasteiger partial charge in [0.1, 0.15) is 5.75 Å². The van der Waals surface area contributed by atoms with Crippen LogP contribution >= 0.6 is 0 Å². The third kappa shape index (κ3) is 4.04. The first kappa shape index (κ1) is 20.7. The maximum absolute atomic E-state index is 13.6. The molecule has 0 spiro atoms. The van der Waals surface area contributed by atoms with Crippen molar-refractivity contribution in [3.8, 4) is 5.75 Å². The molecule has 1 aromatic heterocycles. The van der Waals surface area contributed by atoms with E-state index in [4.69, 9.17) is 4.74 Å². The highest BCUT2D eigenvalue weighted by atomic mass is 32.2. The number of sulfonamides is 1. The first-order valence-electron chi connectivity index (χ1n) is 9.73. The number of aromatic amines is 1. The number of anilines is 1. The summed E-state index contributed by atoms with van der Waals surface area (Å²) in [5.41, 5.74) is 1.98. The van der Waals surface area contributed by atoms with E-state index in [1.807, 2.05) is 19.1 Å². The highest BCUT2D eigenvalue weighted by Gasteiger charge is 2.27. The molecule has 31 heavy (non-hydrogen) atoms. The topological polar surface area (TPSA) is 79.5 Å². The molecule has 0 amide bonds. The number of benzene rings is 3. The van der Waals surface area contributed by atoms with Crippen LogP contribution in [0.25, 0.3) is 10.9 Å². The SMILES string of the molecule is COc1ccc2[nH]c(=O)c(CN(c3ccccc3C)S(=O)(=O)c3ccccc3)cc2c1. The molecule has 4 rings (SSSR count). The Morgan fingerprint density at radius 3 is 2.35 bits per heavy atom. The van der Waals surface area contributed by atoms with Gasteiger partial charge in [-0.2, -0.15) is 0 Å². The number of fused-ring (bicyclic) bond motifs is 1. The molecule has 0 bridgehead atoms. The van der Waals surface area contributed by atoms with Gasteiger partial charge in [-0.05, 0) is 55.0 Å². The standard InChI is InChI=1S/C24H22N2O4S/c1-17-8-6-7-11-23(17)26(31(28,29)21-9-4-3-5-10-21)16-19-14-18-15-20(30-2)12-13-22(18)25-24(19)27/h3-15H,16H2,1-2H3,(H,25,27). The highest BCUT2D eigenvalue weighted by Crippen LogP contribution is 2.29. The zero-order chi connectivity index (χ0) is 22.0. The molecule has 0 aliphatic carbocycles. The lowest BCUT2D eigenvalue weighted by atomic mass is 10.1. The van der Waals surface area contributed by atoms with Crippen molar-refractivity contribution in [2.45, 2.75) is 18.4 Å². The number of hydrogen-bond acceptors (Lipinski definition) is 4. The maximum Gasteiger partial charge on any atom is 0.264 e. The Kier molecular flexibility index (Phi) is 5.52. The first-order chi connectivity index (χ1) is 14.9. The van der Waals surface area contributed by atoms with Crippen molar-refractivity contribution in [3.63, 3.8) is 0 Å². The molecule has 1 N–H and O–H groups in total. The molecule has 0 aliphatic rings. The van der Waals surface area contributed by atoms with Gasteiger partial charge in [0.05, 0.1) is 24.2 Å². The second-order valence-electron chi connectivity index (χ2n) is 7.19. The van der Waals surface area contributed by atoms with Gasteiger partial charge >= 0.3 is 0 Å². The molecule has 0 radical (unpaired) electrons. The number of H-pyrrole nitrogens is 1. The summed E-state index contributed by atoms with van der Waals surface area (Å²) in [6.45, 7) is 1.74. The third-order valence-corrected chi connectivity index (χ3v) is 6.93. The summed E-state index contributed by atoms with van der Waals surface area (Å²) in [5, 5.41) is 0.760. The Labute approximate surface area is 180 Å². The van der Waals surface area contributed by atoms with Crippen LogP contribution in [0.15, 0.2) is 88.6 Å². The van der Waals surface area contributed by atoms with Gasteiger partial charge in [-0.3, -0.25) is 9.10 Å². The molecule has 0 atom stereocenters. The minimum atomic E-state index is -3.90. The van der Waals surface area contributed by atoms with Crippen molar-refractivity contribution in [1.29, 1.82) is 0 Å². The third-order valence-electron chi connectivity index (χ3n) is 5.16. The summed E-state index contributed by atoms with van der Waals surface area (Å²) in [4.78, 5) is 15.8. The normalized spacial score (nSPS) is 11.4. The molecule has 158 valence electrons. The number of para-hydroxylation sites is 1. The van der Waals surface area contributed by atoms with E-state index in [9.17, 15) is 13.2 Å². The van der Waals surface area contributed by atoms with E-state index >= 15 is 0 Å². The first-order valence-corrected chi connectivity index (χ1v) is 11.2. The monoisotopic (exact) mass is 434 g/mol. The van der Waals surface area contributed by atoms with E-state index < -0.39 is 10.0 Å². The Morgan fingerprint density at radius 2 is 1.65 bits per heavy atom. The molecular weight excluding hydrogens is 412 g/mol. The van der Waals surface area contributed by atoms with E-state index in [0.717, 1.165) is 10.9 Å². The number of pyridine rings is 1. The summed E-state index contributed by atoms with van der Waals surface area (Å²) >= 11 is 0. The zero-order valence-electron chi connectivity index (χ0n) is 17.2. The van der Waals surface area contributed by atoms with Crippen molar-refractivity contribution in [2.24, 2.45) is 0 Å². The molecule has 3 aromatic carbocycles. The number of aromatic nitrogens is 1. The molecule has 0 fully saturated rings. The molecular formula is C24H22N2O4S. The quantitative estimate of drug-likeness (QED) is 0.492. The highest BCUT2D eigenvalue weighted by molar-refractivity contribution is 7.92. The number of rotatable bonds is 6. The zero-order valence-corrected chi connectivity index (χ0v) is 18.0. The fraction of sp³-hybridized carbons (Fsp3) is 0.125. The summed E-state index contributed by atoms with van der Waals surface area (Å²) in [6, 6.07) is 22.5. The average molecular weight is 435 g/mol. The Hall–Kier alpha value is -3.58. The van der Waals surface area contributed by atoms with Crippen molar-refractivity contribution < 1.29 is 13.2 Å². The number of hydrogen-bond donors (Lipinski definition) is 1. The van der Waals surface area contributed by atoms with Crippen LogP contribution in [0.1, 0.15) is 11.1 Å². The number of nitrogens with one attached hydrogen (secondary N) is 1. The van der Waals surface area contributed by atoms with E-state index in [-0.39, 0.29) is 17.0 Å². The van der Waals surface area contributed by atoms with E-state index in [2.05, 4.69) is 4.98 Å². The van der Waals surface area contributed by atoms with Gasteiger partial charge < -0.3 is 9.72 Å². The molecule has 1 heterocycles. The van der Waals surface area contributed by atoms with Gasteiger partial charge in [-0.25, -0.2) is 8.42 Å². The number of methoxy groups -OCH3 is 1. The van der Waals surface area contributed by atoms with Crippen LogP contribution < -0.4 is 14.6 Å². The maximum atomic E-state index is 13.6. The van der Waals surface area contributed by atoms with Gasteiger partial charge in [0, 0.05) is 16.5 Å². The smallest absolute Gasteiger partial charge is 0.264 e. The summed E-state index contributed by atoms with van der Waals surface area (Å²) in [5.74, 6) is 0.651.